The first kappa shape index (κ1) is 15.7. The molecule has 0 spiro atoms. The summed E-state index contributed by atoms with van der Waals surface area (Å²) in [6.07, 6.45) is -0.0771. The van der Waals surface area contributed by atoms with Crippen LogP contribution < -0.4 is 9.47 Å². The van der Waals surface area contributed by atoms with E-state index in [1.54, 1.807) is 20.3 Å². The van der Waals surface area contributed by atoms with Crippen LogP contribution >= 0.6 is 15.9 Å². The van der Waals surface area contributed by atoms with Crippen molar-refractivity contribution < 1.29 is 24.2 Å². The fourth-order valence-electron chi connectivity index (χ4n) is 2.85. The lowest BCUT2D eigenvalue weighted by Crippen LogP contribution is -2.27. The quantitative estimate of drug-likeness (QED) is 0.827. The minimum Gasteiger partial charge on any atom is -0.493 e. The van der Waals surface area contributed by atoms with E-state index in [0.29, 0.717) is 28.2 Å². The molecular formula is C15H15BrN2O5. The minimum absolute atomic E-state index is 0.0771. The number of halogens is 1. The number of methoxy groups -OCH3 is 2. The first-order valence-corrected chi connectivity index (χ1v) is 7.73. The Morgan fingerprint density at radius 3 is 2.78 bits per heavy atom. The van der Waals surface area contributed by atoms with Crippen molar-refractivity contribution in [1.82, 2.24) is 9.88 Å². The van der Waals surface area contributed by atoms with Crippen molar-refractivity contribution in [1.29, 1.82) is 0 Å². The second-order valence-electron chi connectivity index (χ2n) is 5.20. The molecule has 0 atom stereocenters. The van der Waals surface area contributed by atoms with E-state index in [9.17, 15) is 9.59 Å². The molecule has 0 saturated heterocycles. The van der Waals surface area contributed by atoms with Crippen LogP contribution in [0.15, 0.2) is 10.5 Å². The van der Waals surface area contributed by atoms with Crippen molar-refractivity contribution in [3.05, 3.63) is 21.8 Å². The number of aromatic amines is 1. The van der Waals surface area contributed by atoms with Crippen LogP contribution in [0, 0.1) is 0 Å². The van der Waals surface area contributed by atoms with E-state index in [1.807, 2.05) is 0 Å². The molecule has 7 nitrogen and oxygen atoms in total. The average molecular weight is 383 g/mol. The van der Waals surface area contributed by atoms with Gasteiger partial charge in [0.1, 0.15) is 5.69 Å². The highest BCUT2D eigenvalue weighted by Gasteiger charge is 2.33. The number of hydrogen-bond donors (Lipinski definition) is 2. The van der Waals surface area contributed by atoms with E-state index in [1.165, 1.54) is 4.90 Å². The van der Waals surface area contributed by atoms with E-state index in [4.69, 9.17) is 14.6 Å². The van der Waals surface area contributed by atoms with Crippen LogP contribution in [-0.2, 0) is 11.3 Å². The number of amides is 1. The Balaban J connectivity index is 2.07. The van der Waals surface area contributed by atoms with Gasteiger partial charge < -0.3 is 24.5 Å². The van der Waals surface area contributed by atoms with Crippen LogP contribution in [0.25, 0.3) is 10.9 Å². The third-order valence-electron chi connectivity index (χ3n) is 3.92. The maximum Gasteiger partial charge on any atom is 0.305 e. The number of aliphatic carboxylic acids is 1. The lowest BCUT2D eigenvalue weighted by atomic mass is 10.1. The molecule has 0 fully saturated rings. The van der Waals surface area contributed by atoms with E-state index in [0.717, 1.165) is 16.5 Å². The molecule has 8 heteroatoms. The molecule has 0 unspecified atom stereocenters. The highest BCUT2D eigenvalue weighted by molar-refractivity contribution is 9.10. The van der Waals surface area contributed by atoms with Crippen LogP contribution in [0.2, 0.25) is 0 Å². The molecule has 3 rings (SSSR count). The Morgan fingerprint density at radius 2 is 2.17 bits per heavy atom. The van der Waals surface area contributed by atoms with Gasteiger partial charge in [-0.2, -0.15) is 0 Å². The van der Waals surface area contributed by atoms with Crippen molar-refractivity contribution in [3.63, 3.8) is 0 Å². The van der Waals surface area contributed by atoms with Crippen molar-refractivity contribution in [2.24, 2.45) is 0 Å². The third kappa shape index (κ3) is 2.42. The molecule has 0 saturated carbocycles. The number of carboxylic acid groups (broad SMARTS) is 1. The maximum atomic E-state index is 12.4. The van der Waals surface area contributed by atoms with Gasteiger partial charge in [-0.15, -0.1) is 0 Å². The molecule has 0 bridgehead atoms. The Hall–Kier alpha value is -2.22. The summed E-state index contributed by atoms with van der Waals surface area (Å²) in [6.45, 7) is 0.554. The van der Waals surface area contributed by atoms with E-state index in [-0.39, 0.29) is 18.9 Å². The Labute approximate surface area is 140 Å². The molecular weight excluding hydrogens is 368 g/mol. The van der Waals surface area contributed by atoms with Gasteiger partial charge in [-0.1, -0.05) is 0 Å². The fourth-order valence-corrected chi connectivity index (χ4v) is 3.66. The lowest BCUT2D eigenvalue weighted by Gasteiger charge is -2.15. The second-order valence-corrected chi connectivity index (χ2v) is 5.99. The number of ether oxygens (including phenoxy) is 2. The van der Waals surface area contributed by atoms with Gasteiger partial charge in [-0.25, -0.2) is 0 Å². The number of hydrogen-bond acceptors (Lipinski definition) is 4. The number of carboxylic acids is 1. The van der Waals surface area contributed by atoms with Crippen LogP contribution in [0.4, 0.5) is 0 Å². The highest BCUT2D eigenvalue weighted by atomic mass is 79.9. The summed E-state index contributed by atoms with van der Waals surface area (Å²) in [5.74, 6) is -0.00620. The summed E-state index contributed by atoms with van der Waals surface area (Å²) in [7, 11) is 3.09. The Morgan fingerprint density at radius 1 is 1.43 bits per heavy atom. The monoisotopic (exact) mass is 382 g/mol. The number of carbonyl (C=O) groups excluding carboxylic acids is 1. The van der Waals surface area contributed by atoms with Gasteiger partial charge in [0.25, 0.3) is 5.91 Å². The molecule has 0 aliphatic carbocycles. The van der Waals surface area contributed by atoms with Crippen molar-refractivity contribution in [2.45, 2.75) is 13.0 Å². The van der Waals surface area contributed by atoms with Gasteiger partial charge in [0.2, 0.25) is 0 Å². The standard InChI is InChI=1S/C15H15BrN2O5/c1-22-9-5-8-11(12(16)14(9)23-2)7-6-18(4-3-10(19)20)15(21)13(7)17-8/h5,17H,3-4,6H2,1-2H3,(H,19,20). The number of nitrogens with one attached hydrogen (secondary N) is 1. The normalized spacial score (nSPS) is 13.5. The molecule has 122 valence electrons. The average Bonchev–Trinajstić information content (AvgIpc) is 3.02. The van der Waals surface area contributed by atoms with Crippen molar-refractivity contribution in [2.75, 3.05) is 20.8 Å². The summed E-state index contributed by atoms with van der Waals surface area (Å²) in [5.41, 5.74) is 2.09. The van der Waals surface area contributed by atoms with Gasteiger partial charge in [0.15, 0.2) is 11.5 Å². The molecule has 1 aromatic heterocycles. The van der Waals surface area contributed by atoms with Gasteiger partial charge in [0, 0.05) is 30.1 Å². The van der Waals surface area contributed by atoms with E-state index < -0.39 is 5.97 Å². The largest absolute Gasteiger partial charge is 0.493 e. The second kappa shape index (κ2) is 5.77. The summed E-state index contributed by atoms with van der Waals surface area (Å²) in [4.78, 5) is 27.8. The molecule has 1 aliphatic heterocycles. The topological polar surface area (TPSA) is 91.9 Å². The number of rotatable bonds is 5. The molecule has 2 aromatic rings. The van der Waals surface area contributed by atoms with Gasteiger partial charge >= 0.3 is 5.97 Å². The number of fused-ring (bicyclic) bond motifs is 3. The summed E-state index contributed by atoms with van der Waals surface area (Å²) in [6, 6.07) is 1.78. The smallest absolute Gasteiger partial charge is 0.305 e. The maximum absolute atomic E-state index is 12.4. The summed E-state index contributed by atoms with van der Waals surface area (Å²) in [5, 5.41) is 9.64. The Kier molecular flexibility index (Phi) is 3.93. The third-order valence-corrected chi connectivity index (χ3v) is 4.68. The molecule has 23 heavy (non-hydrogen) atoms. The summed E-state index contributed by atoms with van der Waals surface area (Å²) >= 11 is 3.52. The van der Waals surface area contributed by atoms with Crippen LogP contribution in [0.1, 0.15) is 22.5 Å². The predicted molar refractivity (Wildman–Crippen MR) is 86.1 cm³/mol. The van der Waals surface area contributed by atoms with Crippen molar-refractivity contribution >= 4 is 38.7 Å². The van der Waals surface area contributed by atoms with Gasteiger partial charge in [-0.05, 0) is 15.9 Å². The minimum atomic E-state index is -0.925. The first-order chi connectivity index (χ1) is 11.0. The number of nitrogens with zero attached hydrogens (tertiary/aromatic N) is 1. The summed E-state index contributed by atoms with van der Waals surface area (Å²) < 4.78 is 11.4. The highest BCUT2D eigenvalue weighted by Crippen LogP contribution is 2.44. The molecule has 2 heterocycles. The van der Waals surface area contributed by atoms with Gasteiger partial charge in [-0.3, -0.25) is 9.59 Å². The van der Waals surface area contributed by atoms with Crippen LogP contribution in [0.3, 0.4) is 0 Å². The molecule has 1 amide bonds. The molecule has 2 N–H and O–H groups in total. The zero-order valence-corrected chi connectivity index (χ0v) is 14.2. The number of carbonyl (C=O) groups is 2. The SMILES string of the molecule is COc1cc2[nH]c3c(c2c(Br)c1OC)CN(CCC(=O)O)C3=O. The first-order valence-electron chi connectivity index (χ1n) is 6.94. The van der Waals surface area contributed by atoms with Crippen LogP contribution in [-0.4, -0.2) is 47.6 Å². The van der Waals surface area contributed by atoms with Gasteiger partial charge in [0.05, 0.1) is 30.6 Å². The predicted octanol–water partition coefficient (Wildman–Crippen LogP) is 2.38. The number of benzene rings is 1. The zero-order valence-electron chi connectivity index (χ0n) is 12.6. The van der Waals surface area contributed by atoms with Crippen molar-refractivity contribution in [3.8, 4) is 11.5 Å². The molecule has 1 aromatic carbocycles. The fraction of sp³-hybridized carbons (Fsp3) is 0.333. The number of aromatic nitrogens is 1. The lowest BCUT2D eigenvalue weighted by molar-refractivity contribution is -0.137. The Bertz CT molecular complexity index is 814. The van der Waals surface area contributed by atoms with Crippen LogP contribution in [0.5, 0.6) is 11.5 Å². The molecule has 1 aliphatic rings. The zero-order chi connectivity index (χ0) is 16.7. The van der Waals surface area contributed by atoms with E-state index >= 15 is 0 Å². The van der Waals surface area contributed by atoms with E-state index in [2.05, 4.69) is 20.9 Å². The molecule has 0 radical (unpaired) electrons. The number of H-pyrrole nitrogens is 1.